The van der Waals surface area contributed by atoms with Crippen LogP contribution in [0.25, 0.3) is 0 Å². The van der Waals surface area contributed by atoms with E-state index in [1.165, 1.54) is 6.42 Å². The predicted molar refractivity (Wildman–Crippen MR) is 107 cm³/mol. The number of rotatable bonds is 9. The molecular formula is C15H32IN7. The van der Waals surface area contributed by atoms with Crippen molar-refractivity contribution in [2.45, 2.75) is 46.2 Å². The maximum Gasteiger partial charge on any atom is 0.191 e. The minimum atomic E-state index is 0. The molecule has 1 aromatic heterocycles. The first kappa shape index (κ1) is 22.1. The van der Waals surface area contributed by atoms with Crippen LogP contribution in [0.3, 0.4) is 0 Å². The minimum absolute atomic E-state index is 0. The van der Waals surface area contributed by atoms with Crippen molar-refractivity contribution < 1.29 is 0 Å². The van der Waals surface area contributed by atoms with Gasteiger partial charge >= 0.3 is 0 Å². The maximum atomic E-state index is 4.25. The molecule has 0 aromatic carbocycles. The van der Waals surface area contributed by atoms with Gasteiger partial charge in [-0.25, -0.2) is 0 Å². The van der Waals surface area contributed by atoms with Gasteiger partial charge in [-0.1, -0.05) is 13.8 Å². The van der Waals surface area contributed by atoms with Gasteiger partial charge in [0.25, 0.3) is 0 Å². The zero-order valence-electron chi connectivity index (χ0n) is 15.0. The Morgan fingerprint density at radius 3 is 2.65 bits per heavy atom. The summed E-state index contributed by atoms with van der Waals surface area (Å²) in [5.74, 6) is 1.85. The third-order valence-electron chi connectivity index (χ3n) is 3.98. The van der Waals surface area contributed by atoms with Crippen molar-refractivity contribution in [3.63, 3.8) is 0 Å². The predicted octanol–water partition coefficient (Wildman–Crippen LogP) is 1.35. The average Bonchev–Trinajstić information content (AvgIpc) is 2.99. The van der Waals surface area contributed by atoms with Gasteiger partial charge in [0.05, 0.1) is 0 Å². The molecule has 134 valence electrons. The van der Waals surface area contributed by atoms with Crippen LogP contribution < -0.4 is 10.6 Å². The van der Waals surface area contributed by atoms with Crippen molar-refractivity contribution in [3.05, 3.63) is 12.2 Å². The summed E-state index contributed by atoms with van der Waals surface area (Å²) in [6.45, 7) is 10.1. The second-order valence-corrected chi connectivity index (χ2v) is 5.46. The molecule has 0 aliphatic heterocycles. The maximum absolute atomic E-state index is 4.25. The van der Waals surface area contributed by atoms with Crippen LogP contribution in [0.5, 0.6) is 0 Å². The highest BCUT2D eigenvalue weighted by molar-refractivity contribution is 14.0. The summed E-state index contributed by atoms with van der Waals surface area (Å²) in [5.41, 5.74) is 0. The number of aryl methyl sites for hydroxylation is 1. The first-order valence-electron chi connectivity index (χ1n) is 8.13. The normalized spacial score (nSPS) is 12.9. The van der Waals surface area contributed by atoms with Crippen LogP contribution >= 0.6 is 24.0 Å². The number of halogens is 1. The molecule has 0 radical (unpaired) electrons. The SMILES string of the molecule is CCc1nncn1CCNC(=NC)NCCN(C)C(C)CC.I. The largest absolute Gasteiger partial charge is 0.355 e. The molecule has 1 aromatic rings. The van der Waals surface area contributed by atoms with E-state index in [2.05, 4.69) is 63.1 Å². The van der Waals surface area contributed by atoms with Crippen LogP contribution in [-0.2, 0) is 13.0 Å². The molecule has 0 saturated carbocycles. The summed E-state index contributed by atoms with van der Waals surface area (Å²) < 4.78 is 2.07. The smallest absolute Gasteiger partial charge is 0.191 e. The lowest BCUT2D eigenvalue weighted by atomic mass is 10.2. The van der Waals surface area contributed by atoms with E-state index in [0.29, 0.717) is 6.04 Å². The highest BCUT2D eigenvalue weighted by Gasteiger charge is 2.06. The lowest BCUT2D eigenvalue weighted by Crippen LogP contribution is -2.43. The number of aliphatic imine (C=N–C) groups is 1. The summed E-state index contributed by atoms with van der Waals surface area (Å²) in [7, 11) is 3.95. The number of hydrogen-bond donors (Lipinski definition) is 2. The van der Waals surface area contributed by atoms with E-state index in [-0.39, 0.29) is 24.0 Å². The number of guanidine groups is 1. The highest BCUT2D eigenvalue weighted by atomic mass is 127. The van der Waals surface area contributed by atoms with Crippen molar-refractivity contribution in [2.24, 2.45) is 4.99 Å². The highest BCUT2D eigenvalue weighted by Crippen LogP contribution is 1.98. The van der Waals surface area contributed by atoms with E-state index in [9.17, 15) is 0 Å². The Morgan fingerprint density at radius 2 is 2.04 bits per heavy atom. The molecule has 2 N–H and O–H groups in total. The molecule has 0 amide bonds. The van der Waals surface area contributed by atoms with E-state index >= 15 is 0 Å². The second kappa shape index (κ2) is 12.5. The fourth-order valence-electron chi connectivity index (χ4n) is 2.14. The van der Waals surface area contributed by atoms with Crippen LogP contribution in [0.2, 0.25) is 0 Å². The zero-order chi connectivity index (χ0) is 16.4. The molecule has 0 spiro atoms. The number of hydrogen-bond acceptors (Lipinski definition) is 4. The Hall–Kier alpha value is -0.900. The van der Waals surface area contributed by atoms with Gasteiger partial charge in [-0.3, -0.25) is 4.99 Å². The number of likely N-dealkylation sites (N-methyl/N-ethyl adjacent to an activating group) is 1. The molecule has 1 atom stereocenters. The molecular weight excluding hydrogens is 405 g/mol. The molecule has 23 heavy (non-hydrogen) atoms. The number of nitrogens with zero attached hydrogens (tertiary/aromatic N) is 5. The monoisotopic (exact) mass is 437 g/mol. The molecule has 0 aliphatic carbocycles. The third-order valence-corrected chi connectivity index (χ3v) is 3.98. The van der Waals surface area contributed by atoms with E-state index in [4.69, 9.17) is 0 Å². The summed E-state index contributed by atoms with van der Waals surface area (Å²) in [6, 6.07) is 0.609. The lowest BCUT2D eigenvalue weighted by molar-refractivity contribution is 0.255. The Labute approximate surface area is 157 Å². The van der Waals surface area contributed by atoms with Gasteiger partial charge in [0, 0.05) is 45.7 Å². The van der Waals surface area contributed by atoms with Crippen LogP contribution in [0, 0.1) is 0 Å². The van der Waals surface area contributed by atoms with Crippen LogP contribution in [0.4, 0.5) is 0 Å². The zero-order valence-corrected chi connectivity index (χ0v) is 17.4. The molecule has 0 saturated heterocycles. The van der Waals surface area contributed by atoms with Crippen LogP contribution in [-0.4, -0.2) is 65.4 Å². The second-order valence-electron chi connectivity index (χ2n) is 5.46. The topological polar surface area (TPSA) is 70.4 Å². The number of aromatic nitrogens is 3. The van der Waals surface area contributed by atoms with Gasteiger partial charge in [0.1, 0.15) is 12.2 Å². The molecule has 0 fully saturated rings. The minimum Gasteiger partial charge on any atom is -0.355 e. The molecule has 7 nitrogen and oxygen atoms in total. The quantitative estimate of drug-likeness (QED) is 0.347. The first-order chi connectivity index (χ1) is 10.6. The molecule has 1 heterocycles. The van der Waals surface area contributed by atoms with E-state index in [0.717, 1.165) is 44.4 Å². The summed E-state index contributed by atoms with van der Waals surface area (Å²) in [4.78, 5) is 6.60. The fraction of sp³-hybridized carbons (Fsp3) is 0.800. The standard InChI is InChI=1S/C15H31N7.HI/c1-6-13(3)21(5)10-8-17-15(16-4)18-9-11-22-12-19-20-14(22)7-2;/h12-13H,6-11H2,1-5H3,(H2,16,17,18);1H. The van der Waals surface area contributed by atoms with Crippen LogP contribution in [0.15, 0.2) is 11.3 Å². The van der Waals surface area contributed by atoms with Gasteiger partial charge in [0.2, 0.25) is 0 Å². The molecule has 1 rings (SSSR count). The van der Waals surface area contributed by atoms with Crippen LogP contribution in [0.1, 0.15) is 33.0 Å². The van der Waals surface area contributed by atoms with E-state index < -0.39 is 0 Å². The Balaban J connectivity index is 0.00000484. The van der Waals surface area contributed by atoms with E-state index in [1.54, 1.807) is 13.4 Å². The third kappa shape index (κ3) is 7.96. The van der Waals surface area contributed by atoms with Crippen molar-refractivity contribution in [2.75, 3.05) is 33.7 Å². The molecule has 8 heteroatoms. The Morgan fingerprint density at radius 1 is 1.35 bits per heavy atom. The first-order valence-corrected chi connectivity index (χ1v) is 8.13. The number of nitrogens with one attached hydrogen (secondary N) is 2. The van der Waals surface area contributed by atoms with Crippen molar-refractivity contribution >= 4 is 29.9 Å². The summed E-state index contributed by atoms with van der Waals surface area (Å²) in [6.07, 6.45) is 3.84. The van der Waals surface area contributed by atoms with Gasteiger partial charge in [0.15, 0.2) is 5.96 Å². The van der Waals surface area contributed by atoms with Gasteiger partial charge < -0.3 is 20.1 Å². The van der Waals surface area contributed by atoms with E-state index in [1.807, 2.05) is 0 Å². The Kier molecular flexibility index (Phi) is 12.0. The van der Waals surface area contributed by atoms with Crippen molar-refractivity contribution in [3.8, 4) is 0 Å². The van der Waals surface area contributed by atoms with Gasteiger partial charge in [-0.15, -0.1) is 34.2 Å². The lowest BCUT2D eigenvalue weighted by Gasteiger charge is -2.24. The molecule has 0 bridgehead atoms. The summed E-state index contributed by atoms with van der Waals surface area (Å²) in [5, 5.41) is 14.7. The fourth-order valence-corrected chi connectivity index (χ4v) is 2.14. The molecule has 1 unspecified atom stereocenters. The van der Waals surface area contributed by atoms with Crippen molar-refractivity contribution in [1.82, 2.24) is 30.3 Å². The van der Waals surface area contributed by atoms with Gasteiger partial charge in [-0.05, 0) is 20.4 Å². The summed E-state index contributed by atoms with van der Waals surface area (Å²) >= 11 is 0. The molecule has 0 aliphatic rings. The van der Waals surface area contributed by atoms with Gasteiger partial charge in [-0.2, -0.15) is 0 Å². The van der Waals surface area contributed by atoms with Crippen molar-refractivity contribution in [1.29, 1.82) is 0 Å². The average molecular weight is 437 g/mol. The Bertz CT molecular complexity index is 447.